The number of phenols is 1. The van der Waals surface area contributed by atoms with Gasteiger partial charge in [-0.25, -0.2) is 0 Å². The van der Waals surface area contributed by atoms with Gasteiger partial charge in [0.15, 0.2) is 11.6 Å². The first-order chi connectivity index (χ1) is 15.3. The van der Waals surface area contributed by atoms with Gasteiger partial charge in [-0.1, -0.05) is 50.9 Å². The van der Waals surface area contributed by atoms with Crippen LogP contribution in [0.25, 0.3) is 0 Å². The first-order valence-corrected chi connectivity index (χ1v) is 12.1. The molecule has 33 heavy (non-hydrogen) atoms. The van der Waals surface area contributed by atoms with E-state index >= 15 is 0 Å². The highest BCUT2D eigenvalue weighted by atomic mass is 35.5. The van der Waals surface area contributed by atoms with Gasteiger partial charge in [0.05, 0.1) is 11.6 Å². The van der Waals surface area contributed by atoms with Crippen LogP contribution in [0.3, 0.4) is 0 Å². The van der Waals surface area contributed by atoms with E-state index in [4.69, 9.17) is 27.9 Å². The van der Waals surface area contributed by atoms with Gasteiger partial charge < -0.3 is 14.7 Å². The monoisotopic (exact) mass is 491 g/mol. The molecule has 0 fully saturated rings. The Bertz CT molecular complexity index is 1050. The van der Waals surface area contributed by atoms with E-state index in [0.717, 1.165) is 11.4 Å². The van der Waals surface area contributed by atoms with Crippen LogP contribution in [0.1, 0.15) is 64.9 Å². The number of Topliss-reactive ketones (excluding diaryl/α,β-unsaturated/α-hetero) is 2. The Labute approximate surface area is 205 Å². The number of benzene rings is 1. The van der Waals surface area contributed by atoms with E-state index in [-0.39, 0.29) is 33.2 Å². The highest BCUT2D eigenvalue weighted by Gasteiger charge is 2.49. The lowest BCUT2D eigenvalue weighted by molar-refractivity contribution is -0.119. The minimum absolute atomic E-state index is 0.00616. The normalized spacial score (nSPS) is 22.6. The maximum atomic E-state index is 13.6. The molecule has 0 saturated heterocycles. The largest absolute Gasteiger partial charge is 0.506 e. The maximum absolute atomic E-state index is 13.6. The number of carbonyl (C=O) groups is 2. The molecule has 178 valence electrons. The number of carbonyl (C=O) groups excluding carboxylic acids is 2. The van der Waals surface area contributed by atoms with Crippen molar-refractivity contribution in [3.63, 3.8) is 0 Å². The number of nitrogens with zero attached hydrogens (tertiary/aromatic N) is 1. The summed E-state index contributed by atoms with van der Waals surface area (Å²) in [5.74, 6) is -0.829. The van der Waals surface area contributed by atoms with Crippen LogP contribution >= 0.6 is 23.2 Å². The van der Waals surface area contributed by atoms with Crippen molar-refractivity contribution in [3.05, 3.63) is 50.3 Å². The summed E-state index contributed by atoms with van der Waals surface area (Å²) in [7, 11) is 1.65. The van der Waals surface area contributed by atoms with E-state index in [2.05, 4.69) is 32.6 Å². The third-order valence-electron chi connectivity index (χ3n) is 6.91. The van der Waals surface area contributed by atoms with Crippen molar-refractivity contribution >= 4 is 34.8 Å². The van der Waals surface area contributed by atoms with Crippen molar-refractivity contribution in [1.82, 2.24) is 4.90 Å². The zero-order valence-electron chi connectivity index (χ0n) is 19.8. The summed E-state index contributed by atoms with van der Waals surface area (Å²) in [5, 5.41) is 11.4. The number of hydrogen-bond donors (Lipinski definition) is 1. The van der Waals surface area contributed by atoms with E-state index in [1.54, 1.807) is 13.2 Å². The SMILES string of the molecule is COCCN1C2=C(C(=O)CC(C)(C)C2)C(c2cc(Cl)cc(Cl)c2O)C2=C1CC(C)(C)CC2=O. The highest BCUT2D eigenvalue weighted by Crippen LogP contribution is 2.56. The molecule has 1 aromatic carbocycles. The van der Waals surface area contributed by atoms with E-state index in [1.165, 1.54) is 6.07 Å². The fourth-order valence-electron chi connectivity index (χ4n) is 5.62. The van der Waals surface area contributed by atoms with E-state index in [1.807, 2.05) is 0 Å². The summed E-state index contributed by atoms with van der Waals surface area (Å²) in [6, 6.07) is 3.10. The fourth-order valence-corrected chi connectivity index (χ4v) is 6.13. The third-order valence-corrected chi connectivity index (χ3v) is 7.42. The number of ketones is 2. The van der Waals surface area contributed by atoms with Gasteiger partial charge in [-0.2, -0.15) is 0 Å². The van der Waals surface area contributed by atoms with Crippen LogP contribution in [0, 0.1) is 10.8 Å². The molecule has 1 aromatic rings. The second kappa shape index (κ2) is 8.44. The Kier molecular flexibility index (Phi) is 6.22. The molecule has 0 unspecified atom stereocenters. The summed E-state index contributed by atoms with van der Waals surface area (Å²) in [6.07, 6.45) is 2.12. The molecule has 0 aromatic heterocycles. The van der Waals surface area contributed by atoms with Gasteiger partial charge in [-0.05, 0) is 35.8 Å². The molecular formula is C26H31Cl2NO4. The fraction of sp³-hybridized carbons (Fsp3) is 0.538. The molecule has 1 N–H and O–H groups in total. The lowest BCUT2D eigenvalue weighted by Crippen LogP contribution is -2.45. The predicted molar refractivity (Wildman–Crippen MR) is 130 cm³/mol. The summed E-state index contributed by atoms with van der Waals surface area (Å²) in [6.45, 7) is 9.38. The smallest absolute Gasteiger partial charge is 0.162 e. The molecule has 2 aliphatic carbocycles. The summed E-state index contributed by atoms with van der Waals surface area (Å²) < 4.78 is 5.39. The number of methoxy groups -OCH3 is 1. The lowest BCUT2D eigenvalue weighted by Gasteiger charge is -2.49. The summed E-state index contributed by atoms with van der Waals surface area (Å²) in [5.41, 5.74) is 2.96. The molecule has 0 bridgehead atoms. The quantitative estimate of drug-likeness (QED) is 0.556. The van der Waals surface area contributed by atoms with Crippen LogP contribution in [0.2, 0.25) is 10.0 Å². The summed E-state index contributed by atoms with van der Waals surface area (Å²) >= 11 is 12.6. The van der Waals surface area contributed by atoms with Gasteiger partial charge in [0.2, 0.25) is 0 Å². The van der Waals surface area contributed by atoms with Crippen LogP contribution in [-0.4, -0.2) is 41.8 Å². The van der Waals surface area contributed by atoms with Gasteiger partial charge in [0, 0.05) is 65.5 Å². The predicted octanol–water partition coefficient (Wildman–Crippen LogP) is 6.03. The number of allylic oxidation sites excluding steroid dienone is 4. The zero-order valence-corrected chi connectivity index (χ0v) is 21.4. The molecule has 0 spiro atoms. The molecule has 0 amide bonds. The Morgan fingerprint density at radius 3 is 1.97 bits per heavy atom. The van der Waals surface area contributed by atoms with E-state index in [9.17, 15) is 14.7 Å². The number of aromatic hydroxyl groups is 1. The number of halogens is 2. The van der Waals surface area contributed by atoms with Crippen molar-refractivity contribution in [2.24, 2.45) is 10.8 Å². The molecule has 0 saturated carbocycles. The second-order valence-electron chi connectivity index (χ2n) is 11.0. The average molecular weight is 492 g/mol. The van der Waals surface area contributed by atoms with E-state index < -0.39 is 5.92 Å². The Balaban J connectivity index is 2.04. The van der Waals surface area contributed by atoms with Gasteiger partial charge in [0.1, 0.15) is 5.75 Å². The molecule has 0 radical (unpaired) electrons. The second-order valence-corrected chi connectivity index (χ2v) is 11.8. The molecule has 5 nitrogen and oxygen atoms in total. The maximum Gasteiger partial charge on any atom is 0.162 e. The van der Waals surface area contributed by atoms with Crippen LogP contribution in [-0.2, 0) is 14.3 Å². The van der Waals surface area contributed by atoms with E-state index in [0.29, 0.717) is 60.6 Å². The minimum Gasteiger partial charge on any atom is -0.506 e. The standard InChI is InChI=1S/C26H31Cl2NO4/c1-25(2)10-17-22(19(30)12-25)21(15-8-14(27)9-16(28)24(15)32)23-18(29(17)6-7-33-5)11-26(3,4)13-20(23)31/h8-9,21,32H,6-7,10-13H2,1-5H3. The average Bonchev–Trinajstić information content (AvgIpc) is 2.67. The van der Waals surface area contributed by atoms with Crippen LogP contribution in [0.15, 0.2) is 34.7 Å². The summed E-state index contributed by atoms with van der Waals surface area (Å²) in [4.78, 5) is 29.4. The van der Waals surface area contributed by atoms with Gasteiger partial charge >= 0.3 is 0 Å². The van der Waals surface area contributed by atoms with Crippen molar-refractivity contribution in [3.8, 4) is 5.75 Å². The van der Waals surface area contributed by atoms with Crippen LogP contribution in [0.5, 0.6) is 5.75 Å². The van der Waals surface area contributed by atoms with Gasteiger partial charge in [-0.15, -0.1) is 0 Å². The lowest BCUT2D eigenvalue weighted by atomic mass is 9.63. The molecule has 7 heteroatoms. The highest BCUT2D eigenvalue weighted by molar-refractivity contribution is 6.35. The number of hydrogen-bond acceptors (Lipinski definition) is 5. The molecule has 0 atom stereocenters. The van der Waals surface area contributed by atoms with Crippen LogP contribution < -0.4 is 0 Å². The molecule has 1 heterocycles. The van der Waals surface area contributed by atoms with Gasteiger partial charge in [0.25, 0.3) is 0 Å². The Morgan fingerprint density at radius 1 is 0.970 bits per heavy atom. The van der Waals surface area contributed by atoms with Crippen molar-refractivity contribution in [1.29, 1.82) is 0 Å². The number of rotatable bonds is 4. The third kappa shape index (κ3) is 4.36. The topological polar surface area (TPSA) is 66.8 Å². The van der Waals surface area contributed by atoms with Gasteiger partial charge in [-0.3, -0.25) is 9.59 Å². The number of ether oxygens (including phenoxy) is 1. The van der Waals surface area contributed by atoms with Crippen molar-refractivity contribution < 1.29 is 19.4 Å². The van der Waals surface area contributed by atoms with Crippen LogP contribution in [0.4, 0.5) is 0 Å². The van der Waals surface area contributed by atoms with Crippen molar-refractivity contribution in [2.75, 3.05) is 20.3 Å². The van der Waals surface area contributed by atoms with Crippen molar-refractivity contribution in [2.45, 2.75) is 59.3 Å². The first kappa shape index (κ1) is 24.3. The molecule has 1 aliphatic heterocycles. The molecular weight excluding hydrogens is 461 g/mol. The minimum atomic E-state index is -0.683. The molecule has 4 rings (SSSR count). The Morgan fingerprint density at radius 2 is 1.48 bits per heavy atom. The molecule has 3 aliphatic rings. The zero-order chi connectivity index (χ0) is 24.3. The number of phenolic OH excluding ortho intramolecular Hbond substituents is 1. The Hall–Kier alpha value is -1.82. The first-order valence-electron chi connectivity index (χ1n) is 11.3.